The third kappa shape index (κ3) is 4.72. The number of benzene rings is 1. The molecule has 0 amide bonds. The molecule has 0 aliphatic rings. The van der Waals surface area contributed by atoms with Crippen LogP contribution in [0.15, 0.2) is 17.1 Å². The van der Waals surface area contributed by atoms with E-state index in [4.69, 9.17) is 14.6 Å². The van der Waals surface area contributed by atoms with Gasteiger partial charge < -0.3 is 34.9 Å². The van der Waals surface area contributed by atoms with E-state index in [-0.39, 0.29) is 32.1 Å². The van der Waals surface area contributed by atoms with Crippen molar-refractivity contribution in [1.29, 1.82) is 0 Å². The van der Waals surface area contributed by atoms with E-state index in [1.807, 2.05) is 0 Å². The highest BCUT2D eigenvalue weighted by molar-refractivity contribution is 5.99. The van der Waals surface area contributed by atoms with Crippen molar-refractivity contribution in [3.8, 4) is 11.1 Å². The van der Waals surface area contributed by atoms with E-state index in [1.165, 1.54) is 13.3 Å². The van der Waals surface area contributed by atoms with Crippen LogP contribution in [0.25, 0.3) is 11.1 Å². The van der Waals surface area contributed by atoms with Crippen molar-refractivity contribution < 1.29 is 34.7 Å². The summed E-state index contributed by atoms with van der Waals surface area (Å²) in [5.74, 6) is -0.579. The fraction of sp³-hybridized carbons (Fsp3) is 0.400. The molecule has 158 valence electrons. The van der Waals surface area contributed by atoms with Gasteiger partial charge in [0.2, 0.25) is 0 Å². The Labute approximate surface area is 168 Å². The first-order valence-corrected chi connectivity index (χ1v) is 9.05. The number of H-pyrrole nitrogens is 1. The van der Waals surface area contributed by atoms with Crippen LogP contribution in [0.4, 0.5) is 0 Å². The monoisotopic (exact) mass is 406 g/mol. The Balaban J connectivity index is 2.85. The quantitative estimate of drug-likeness (QED) is 0.290. The normalized spacial score (nSPS) is 11.4. The molecular weight excluding hydrogens is 380 g/mol. The fourth-order valence-electron chi connectivity index (χ4n) is 3.26. The van der Waals surface area contributed by atoms with Gasteiger partial charge in [0, 0.05) is 24.5 Å². The molecule has 1 aromatic heterocycles. The van der Waals surface area contributed by atoms with Gasteiger partial charge in [0.1, 0.15) is 12.4 Å². The summed E-state index contributed by atoms with van der Waals surface area (Å²) in [5, 5.41) is 38.4. The summed E-state index contributed by atoms with van der Waals surface area (Å²) >= 11 is 0. The summed E-state index contributed by atoms with van der Waals surface area (Å²) in [6.45, 7) is 0.405. The molecule has 2 aromatic rings. The third-order valence-corrected chi connectivity index (χ3v) is 4.49. The lowest BCUT2D eigenvalue weighted by Crippen LogP contribution is -2.09. The highest BCUT2D eigenvalue weighted by atomic mass is 16.5. The number of aliphatic hydroxyl groups excluding tert-OH is 4. The molecule has 0 radical (unpaired) electrons. The van der Waals surface area contributed by atoms with Gasteiger partial charge in [-0.1, -0.05) is 12.1 Å². The van der Waals surface area contributed by atoms with E-state index in [0.29, 0.717) is 39.1 Å². The molecule has 2 rings (SSSR count). The number of hydrogen-bond donors (Lipinski definition) is 5. The zero-order valence-electron chi connectivity index (χ0n) is 16.4. The SMILES string of the molecule is CCOC(=O)c1[nH]c(/C=N/CO)c(-c2ccc(CO)c(CO)c2CO)c1COC. The highest BCUT2D eigenvalue weighted by Crippen LogP contribution is 2.36. The van der Waals surface area contributed by atoms with E-state index >= 15 is 0 Å². The molecule has 0 spiro atoms. The second kappa shape index (κ2) is 10.8. The molecule has 0 fully saturated rings. The fourth-order valence-corrected chi connectivity index (χ4v) is 3.26. The molecule has 0 saturated carbocycles. The van der Waals surface area contributed by atoms with E-state index in [0.717, 1.165) is 0 Å². The van der Waals surface area contributed by atoms with E-state index < -0.39 is 19.3 Å². The molecular formula is C20H26N2O7. The third-order valence-electron chi connectivity index (χ3n) is 4.49. The predicted molar refractivity (Wildman–Crippen MR) is 105 cm³/mol. The molecule has 0 unspecified atom stereocenters. The Kier molecular flexibility index (Phi) is 8.50. The molecule has 1 aromatic carbocycles. The van der Waals surface area contributed by atoms with Crippen LogP contribution in [0, 0.1) is 0 Å². The summed E-state index contributed by atoms with van der Waals surface area (Å²) in [6, 6.07) is 3.32. The Hall–Kier alpha value is -2.56. The van der Waals surface area contributed by atoms with Gasteiger partial charge in [0.05, 0.1) is 38.7 Å². The lowest BCUT2D eigenvalue weighted by molar-refractivity contribution is 0.0515. The molecule has 0 atom stereocenters. The first-order chi connectivity index (χ1) is 14.1. The Morgan fingerprint density at radius 2 is 1.83 bits per heavy atom. The number of aliphatic imine (C=N–C) groups is 1. The minimum absolute atomic E-state index is 0.0635. The number of carbonyl (C=O) groups is 1. The number of aliphatic hydroxyl groups is 4. The Bertz CT molecular complexity index is 874. The number of aromatic nitrogens is 1. The molecule has 0 saturated heterocycles. The average molecular weight is 406 g/mol. The zero-order chi connectivity index (χ0) is 21.4. The molecule has 0 bridgehead atoms. The smallest absolute Gasteiger partial charge is 0.355 e. The van der Waals surface area contributed by atoms with Crippen LogP contribution in [0.5, 0.6) is 0 Å². The average Bonchev–Trinajstić information content (AvgIpc) is 3.09. The number of methoxy groups -OCH3 is 1. The zero-order valence-corrected chi connectivity index (χ0v) is 16.4. The number of ether oxygens (including phenoxy) is 2. The summed E-state index contributed by atoms with van der Waals surface area (Å²) in [4.78, 5) is 19.3. The van der Waals surface area contributed by atoms with Gasteiger partial charge in [0.25, 0.3) is 0 Å². The van der Waals surface area contributed by atoms with Gasteiger partial charge in [-0.05, 0) is 29.2 Å². The lowest BCUT2D eigenvalue weighted by Gasteiger charge is -2.17. The number of esters is 1. The summed E-state index contributed by atoms with van der Waals surface area (Å²) in [6.07, 6.45) is 1.37. The topological polar surface area (TPSA) is 145 Å². The Morgan fingerprint density at radius 3 is 2.38 bits per heavy atom. The summed E-state index contributed by atoms with van der Waals surface area (Å²) in [7, 11) is 1.48. The van der Waals surface area contributed by atoms with Crippen LogP contribution >= 0.6 is 0 Å². The van der Waals surface area contributed by atoms with Crippen LogP contribution in [-0.4, -0.2) is 58.0 Å². The molecule has 9 heteroatoms. The minimum Gasteiger partial charge on any atom is -0.461 e. The van der Waals surface area contributed by atoms with Crippen molar-refractivity contribution >= 4 is 12.2 Å². The largest absolute Gasteiger partial charge is 0.461 e. The number of rotatable bonds is 10. The van der Waals surface area contributed by atoms with Crippen LogP contribution < -0.4 is 0 Å². The van der Waals surface area contributed by atoms with E-state index in [1.54, 1.807) is 19.1 Å². The molecule has 0 aliphatic carbocycles. The highest BCUT2D eigenvalue weighted by Gasteiger charge is 2.26. The van der Waals surface area contributed by atoms with Gasteiger partial charge in [-0.25, -0.2) is 4.79 Å². The summed E-state index contributed by atoms with van der Waals surface area (Å²) in [5.41, 5.74) is 3.42. The molecule has 5 N–H and O–H groups in total. The molecule has 0 aliphatic heterocycles. The number of hydrogen-bond acceptors (Lipinski definition) is 8. The molecule has 1 heterocycles. The van der Waals surface area contributed by atoms with Crippen molar-refractivity contribution in [2.45, 2.75) is 33.4 Å². The summed E-state index contributed by atoms with van der Waals surface area (Å²) < 4.78 is 10.4. The maximum Gasteiger partial charge on any atom is 0.355 e. The van der Waals surface area contributed by atoms with E-state index in [9.17, 15) is 20.1 Å². The van der Waals surface area contributed by atoms with Crippen molar-refractivity contribution in [2.24, 2.45) is 4.99 Å². The van der Waals surface area contributed by atoms with Gasteiger partial charge >= 0.3 is 5.97 Å². The van der Waals surface area contributed by atoms with Gasteiger partial charge in [-0.3, -0.25) is 4.99 Å². The van der Waals surface area contributed by atoms with Gasteiger partial charge in [-0.2, -0.15) is 0 Å². The molecule has 9 nitrogen and oxygen atoms in total. The van der Waals surface area contributed by atoms with Gasteiger partial charge in [-0.15, -0.1) is 0 Å². The minimum atomic E-state index is -0.579. The first-order valence-electron chi connectivity index (χ1n) is 9.05. The van der Waals surface area contributed by atoms with Crippen LogP contribution in [0.2, 0.25) is 0 Å². The number of carbonyl (C=O) groups excluding carboxylic acids is 1. The molecule has 29 heavy (non-hydrogen) atoms. The maximum atomic E-state index is 12.5. The second-order valence-corrected chi connectivity index (χ2v) is 6.08. The van der Waals surface area contributed by atoms with Crippen LogP contribution in [0.3, 0.4) is 0 Å². The lowest BCUT2D eigenvalue weighted by atomic mass is 9.90. The maximum absolute atomic E-state index is 12.5. The van der Waals surface area contributed by atoms with Gasteiger partial charge in [0.15, 0.2) is 0 Å². The van der Waals surface area contributed by atoms with Crippen LogP contribution in [-0.2, 0) is 35.9 Å². The van der Waals surface area contributed by atoms with Crippen molar-refractivity contribution in [1.82, 2.24) is 4.98 Å². The van der Waals surface area contributed by atoms with Crippen molar-refractivity contribution in [2.75, 3.05) is 20.4 Å². The number of aromatic amines is 1. The predicted octanol–water partition coefficient (Wildman–Crippen LogP) is 0.850. The first kappa shape index (κ1) is 22.7. The number of nitrogens with one attached hydrogen (secondary N) is 1. The second-order valence-electron chi connectivity index (χ2n) is 6.08. The number of nitrogens with zero attached hydrogens (tertiary/aromatic N) is 1. The van der Waals surface area contributed by atoms with Crippen molar-refractivity contribution in [3.63, 3.8) is 0 Å². The van der Waals surface area contributed by atoms with Crippen LogP contribution in [0.1, 0.15) is 45.4 Å². The standard InChI is InChI=1S/C20H26N2O7/c1-3-29-20(27)19-16(10-28-2)18(17(22-19)6-21-11-26)13-5-4-12(7-23)14(8-24)15(13)9-25/h4-6,22-26H,3,7-11H2,1-2H3/b21-6+. The Morgan fingerprint density at radius 1 is 1.10 bits per heavy atom. The van der Waals surface area contributed by atoms with E-state index in [2.05, 4.69) is 9.98 Å². The van der Waals surface area contributed by atoms with Crippen molar-refractivity contribution in [3.05, 3.63) is 45.8 Å².